The average Bonchev–Trinajstić information content (AvgIpc) is 2.94. The number of thiazole rings is 1. The number of benzene rings is 1. The van der Waals surface area contributed by atoms with Crippen LogP contribution in [0, 0.1) is 0 Å². The van der Waals surface area contributed by atoms with Crippen LogP contribution in [0.15, 0.2) is 35.8 Å². The van der Waals surface area contributed by atoms with E-state index in [4.69, 9.17) is 0 Å². The third-order valence-corrected chi connectivity index (χ3v) is 4.03. The normalized spacial score (nSPS) is 10.9. The van der Waals surface area contributed by atoms with Crippen LogP contribution in [-0.4, -0.2) is 11.0 Å². The quantitative estimate of drug-likeness (QED) is 0.751. The van der Waals surface area contributed by atoms with E-state index in [0.717, 1.165) is 5.01 Å². The molecule has 19 heavy (non-hydrogen) atoms. The van der Waals surface area contributed by atoms with Gasteiger partial charge in [0, 0.05) is 28.9 Å². The number of hydrogen-bond donors (Lipinski definition) is 1. The van der Waals surface area contributed by atoms with E-state index in [9.17, 15) is 0 Å². The SMILES string of the molecule is CCCC(CCC)Nc1ccc(-c2nccs2)cc1. The molecule has 0 aliphatic heterocycles. The lowest BCUT2D eigenvalue weighted by Gasteiger charge is -2.18. The zero-order valence-electron chi connectivity index (χ0n) is 11.7. The second-order valence-electron chi connectivity index (χ2n) is 4.83. The lowest BCUT2D eigenvalue weighted by atomic mass is 10.1. The molecule has 1 N–H and O–H groups in total. The molecule has 2 nitrogen and oxygen atoms in total. The second-order valence-corrected chi connectivity index (χ2v) is 5.73. The Bertz CT molecular complexity index is 456. The van der Waals surface area contributed by atoms with E-state index in [2.05, 4.69) is 48.4 Å². The molecule has 1 aromatic heterocycles. The van der Waals surface area contributed by atoms with Crippen LogP contribution in [0.1, 0.15) is 39.5 Å². The zero-order valence-corrected chi connectivity index (χ0v) is 12.5. The molecule has 0 saturated carbocycles. The van der Waals surface area contributed by atoms with E-state index in [1.807, 2.05) is 11.6 Å². The van der Waals surface area contributed by atoms with Gasteiger partial charge in [-0.15, -0.1) is 11.3 Å². The van der Waals surface area contributed by atoms with Gasteiger partial charge in [-0.25, -0.2) is 4.98 Å². The number of anilines is 1. The summed E-state index contributed by atoms with van der Waals surface area (Å²) in [4.78, 5) is 4.33. The fourth-order valence-electron chi connectivity index (χ4n) is 2.30. The van der Waals surface area contributed by atoms with Gasteiger partial charge in [-0.3, -0.25) is 0 Å². The van der Waals surface area contributed by atoms with Crippen LogP contribution in [0.4, 0.5) is 5.69 Å². The predicted molar refractivity (Wildman–Crippen MR) is 84.8 cm³/mol. The minimum atomic E-state index is 0.598. The molecule has 0 atom stereocenters. The maximum absolute atomic E-state index is 4.33. The van der Waals surface area contributed by atoms with Crippen molar-refractivity contribution in [3.05, 3.63) is 35.8 Å². The Morgan fingerprint density at radius 1 is 1.11 bits per heavy atom. The van der Waals surface area contributed by atoms with Gasteiger partial charge in [0.05, 0.1) is 0 Å². The minimum Gasteiger partial charge on any atom is -0.382 e. The lowest BCUT2D eigenvalue weighted by Crippen LogP contribution is -2.18. The van der Waals surface area contributed by atoms with Crippen LogP contribution in [0.3, 0.4) is 0 Å². The maximum Gasteiger partial charge on any atom is 0.123 e. The van der Waals surface area contributed by atoms with Gasteiger partial charge in [0.1, 0.15) is 5.01 Å². The maximum atomic E-state index is 4.33. The van der Waals surface area contributed by atoms with Crippen molar-refractivity contribution in [1.29, 1.82) is 0 Å². The fraction of sp³-hybridized carbons (Fsp3) is 0.438. The lowest BCUT2D eigenvalue weighted by molar-refractivity contribution is 0.586. The first-order chi connectivity index (χ1) is 9.33. The van der Waals surface area contributed by atoms with Gasteiger partial charge >= 0.3 is 0 Å². The van der Waals surface area contributed by atoms with Crippen LogP contribution in [0.25, 0.3) is 10.6 Å². The third kappa shape index (κ3) is 4.06. The van der Waals surface area contributed by atoms with Crippen molar-refractivity contribution in [2.75, 3.05) is 5.32 Å². The Morgan fingerprint density at radius 3 is 2.32 bits per heavy atom. The van der Waals surface area contributed by atoms with E-state index in [-0.39, 0.29) is 0 Å². The fourth-order valence-corrected chi connectivity index (χ4v) is 2.94. The van der Waals surface area contributed by atoms with Crippen molar-refractivity contribution in [2.45, 2.75) is 45.6 Å². The van der Waals surface area contributed by atoms with Crippen molar-refractivity contribution >= 4 is 17.0 Å². The van der Waals surface area contributed by atoms with E-state index in [1.54, 1.807) is 11.3 Å². The van der Waals surface area contributed by atoms with Gasteiger partial charge in [-0.2, -0.15) is 0 Å². The van der Waals surface area contributed by atoms with Crippen LogP contribution >= 0.6 is 11.3 Å². The Morgan fingerprint density at radius 2 is 1.79 bits per heavy atom. The Kier molecular flexibility index (Phi) is 5.40. The van der Waals surface area contributed by atoms with Crippen molar-refractivity contribution in [1.82, 2.24) is 4.98 Å². The van der Waals surface area contributed by atoms with Crippen molar-refractivity contribution in [2.24, 2.45) is 0 Å². The summed E-state index contributed by atoms with van der Waals surface area (Å²) in [6, 6.07) is 9.22. The van der Waals surface area contributed by atoms with Gasteiger partial charge < -0.3 is 5.32 Å². The predicted octanol–water partition coefficient (Wildman–Crippen LogP) is 5.19. The first-order valence-electron chi connectivity index (χ1n) is 7.10. The van der Waals surface area contributed by atoms with Gasteiger partial charge in [0.15, 0.2) is 0 Å². The molecule has 0 unspecified atom stereocenters. The molecule has 2 rings (SSSR count). The highest BCUT2D eigenvalue weighted by atomic mass is 32.1. The van der Waals surface area contributed by atoms with E-state index in [1.165, 1.54) is 36.9 Å². The molecule has 1 heterocycles. The number of nitrogens with zero attached hydrogens (tertiary/aromatic N) is 1. The molecular weight excluding hydrogens is 252 g/mol. The summed E-state index contributed by atoms with van der Waals surface area (Å²) in [6.45, 7) is 4.49. The monoisotopic (exact) mass is 274 g/mol. The first-order valence-corrected chi connectivity index (χ1v) is 7.98. The smallest absolute Gasteiger partial charge is 0.123 e. The summed E-state index contributed by atoms with van der Waals surface area (Å²) >= 11 is 1.68. The molecular formula is C16H22N2S. The molecule has 2 aromatic rings. The van der Waals surface area contributed by atoms with Crippen LogP contribution in [0.2, 0.25) is 0 Å². The molecule has 0 aliphatic carbocycles. The minimum absolute atomic E-state index is 0.598. The summed E-state index contributed by atoms with van der Waals surface area (Å²) in [5.74, 6) is 0. The summed E-state index contributed by atoms with van der Waals surface area (Å²) in [5.41, 5.74) is 2.41. The summed E-state index contributed by atoms with van der Waals surface area (Å²) < 4.78 is 0. The van der Waals surface area contributed by atoms with Crippen LogP contribution in [-0.2, 0) is 0 Å². The highest BCUT2D eigenvalue weighted by Gasteiger charge is 2.06. The molecule has 3 heteroatoms. The Balaban J connectivity index is 2.01. The molecule has 0 spiro atoms. The molecule has 0 amide bonds. The molecule has 0 saturated heterocycles. The topological polar surface area (TPSA) is 24.9 Å². The number of hydrogen-bond acceptors (Lipinski definition) is 3. The molecule has 1 aromatic carbocycles. The third-order valence-electron chi connectivity index (χ3n) is 3.21. The number of rotatable bonds is 7. The van der Waals surface area contributed by atoms with E-state index >= 15 is 0 Å². The van der Waals surface area contributed by atoms with Crippen LogP contribution < -0.4 is 5.32 Å². The molecule has 0 aliphatic rings. The van der Waals surface area contributed by atoms with Crippen LogP contribution in [0.5, 0.6) is 0 Å². The highest BCUT2D eigenvalue weighted by molar-refractivity contribution is 7.13. The van der Waals surface area contributed by atoms with Crippen molar-refractivity contribution in [3.8, 4) is 10.6 Å². The van der Waals surface area contributed by atoms with E-state index in [0.29, 0.717) is 6.04 Å². The highest BCUT2D eigenvalue weighted by Crippen LogP contribution is 2.24. The van der Waals surface area contributed by atoms with Crippen molar-refractivity contribution in [3.63, 3.8) is 0 Å². The summed E-state index contributed by atoms with van der Waals surface area (Å²) in [5, 5.41) is 6.74. The standard InChI is InChI=1S/C16H22N2S/c1-3-5-14(6-4-2)18-15-9-7-13(8-10-15)16-17-11-12-19-16/h7-12,14,18H,3-6H2,1-2H3. The summed E-state index contributed by atoms with van der Waals surface area (Å²) in [7, 11) is 0. The molecule has 0 fully saturated rings. The first kappa shape index (κ1) is 14.1. The molecule has 0 radical (unpaired) electrons. The Labute approximate surface area is 119 Å². The second kappa shape index (κ2) is 7.29. The van der Waals surface area contributed by atoms with Gasteiger partial charge in [-0.1, -0.05) is 26.7 Å². The van der Waals surface area contributed by atoms with Gasteiger partial charge in [0.25, 0.3) is 0 Å². The molecule has 102 valence electrons. The number of nitrogens with one attached hydrogen (secondary N) is 1. The molecule has 0 bridgehead atoms. The zero-order chi connectivity index (χ0) is 13.5. The average molecular weight is 274 g/mol. The largest absolute Gasteiger partial charge is 0.382 e. The van der Waals surface area contributed by atoms with Gasteiger partial charge in [0.2, 0.25) is 0 Å². The van der Waals surface area contributed by atoms with Gasteiger partial charge in [-0.05, 0) is 37.1 Å². The van der Waals surface area contributed by atoms with E-state index < -0.39 is 0 Å². The van der Waals surface area contributed by atoms with Crippen molar-refractivity contribution < 1.29 is 0 Å². The number of aromatic nitrogens is 1. The Hall–Kier alpha value is -1.35. The summed E-state index contributed by atoms with van der Waals surface area (Å²) in [6.07, 6.45) is 6.79.